The maximum absolute atomic E-state index is 11.9. The second-order valence-electron chi connectivity index (χ2n) is 6.02. The van der Waals surface area contributed by atoms with Gasteiger partial charge in [0.1, 0.15) is 0 Å². The van der Waals surface area contributed by atoms with Crippen molar-refractivity contribution in [1.82, 2.24) is 4.31 Å². The molecule has 0 aliphatic rings. The molecule has 0 saturated carbocycles. The van der Waals surface area contributed by atoms with Gasteiger partial charge in [-0.2, -0.15) is 0 Å². The van der Waals surface area contributed by atoms with Crippen molar-refractivity contribution < 1.29 is 17.9 Å². The Bertz CT molecular complexity index is 595. The minimum atomic E-state index is -3.16. The largest absolute Gasteiger partial charge is 0.469 e. The Morgan fingerprint density at radius 2 is 1.79 bits per heavy atom. The van der Waals surface area contributed by atoms with E-state index in [0.29, 0.717) is 19.5 Å². The molecular weight excluding hydrogens is 346 g/mol. The summed E-state index contributed by atoms with van der Waals surface area (Å²) in [4.78, 5) is 13.6. The van der Waals surface area contributed by atoms with Crippen molar-refractivity contribution in [2.75, 3.05) is 26.5 Å². The summed E-state index contributed by atoms with van der Waals surface area (Å²) in [6, 6.07) is 4.22. The fourth-order valence-corrected chi connectivity index (χ4v) is 4.36. The standard InChI is InChI=1S/C17H29NO4S2/c1-15-11-12-16(23-15)9-8-14-18(24(3,20)21)13-7-5-4-6-10-17(19)22-2/h11-12H,4-10,13-14H2,1-3H3. The number of methoxy groups -OCH3 is 1. The van der Waals surface area contributed by atoms with Crippen molar-refractivity contribution in [2.24, 2.45) is 0 Å². The van der Waals surface area contributed by atoms with Crippen LogP contribution in [0.15, 0.2) is 12.1 Å². The minimum absolute atomic E-state index is 0.184. The van der Waals surface area contributed by atoms with E-state index in [1.54, 1.807) is 15.6 Å². The molecule has 0 aliphatic carbocycles. The summed E-state index contributed by atoms with van der Waals surface area (Å²) in [5, 5.41) is 0. The number of nitrogens with zero attached hydrogens (tertiary/aromatic N) is 1. The van der Waals surface area contributed by atoms with Gasteiger partial charge in [-0.25, -0.2) is 12.7 Å². The Kier molecular flexibility index (Phi) is 9.54. The summed E-state index contributed by atoms with van der Waals surface area (Å²) in [5.74, 6) is -0.184. The Morgan fingerprint density at radius 3 is 2.38 bits per heavy atom. The summed E-state index contributed by atoms with van der Waals surface area (Å²) in [6.07, 6.45) is 6.94. The van der Waals surface area contributed by atoms with Crippen LogP contribution in [-0.2, 0) is 26.0 Å². The van der Waals surface area contributed by atoms with E-state index in [9.17, 15) is 13.2 Å². The molecule has 24 heavy (non-hydrogen) atoms. The van der Waals surface area contributed by atoms with E-state index >= 15 is 0 Å². The number of esters is 1. The molecular formula is C17H29NO4S2. The van der Waals surface area contributed by atoms with Gasteiger partial charge in [0, 0.05) is 29.3 Å². The number of rotatable bonds is 12. The number of hydrogen-bond donors (Lipinski definition) is 0. The molecule has 5 nitrogen and oxygen atoms in total. The molecule has 1 rings (SSSR count). The zero-order chi connectivity index (χ0) is 18.0. The van der Waals surface area contributed by atoms with Crippen LogP contribution in [-0.4, -0.2) is 45.1 Å². The predicted octanol–water partition coefficient (Wildman–Crippen LogP) is 3.37. The van der Waals surface area contributed by atoms with Gasteiger partial charge in [0.05, 0.1) is 13.4 Å². The van der Waals surface area contributed by atoms with Crippen LogP contribution in [0, 0.1) is 6.92 Å². The van der Waals surface area contributed by atoms with E-state index in [-0.39, 0.29) is 5.97 Å². The zero-order valence-electron chi connectivity index (χ0n) is 14.9. The highest BCUT2D eigenvalue weighted by molar-refractivity contribution is 7.88. The highest BCUT2D eigenvalue weighted by Crippen LogP contribution is 2.17. The number of ether oxygens (including phenoxy) is 1. The summed E-state index contributed by atoms with van der Waals surface area (Å²) in [5.41, 5.74) is 0. The van der Waals surface area contributed by atoms with Crippen LogP contribution < -0.4 is 0 Å². The molecule has 0 bridgehead atoms. The number of sulfonamides is 1. The van der Waals surface area contributed by atoms with Gasteiger partial charge >= 0.3 is 5.97 Å². The Hall–Kier alpha value is -0.920. The molecule has 1 aromatic heterocycles. The van der Waals surface area contributed by atoms with Crippen LogP contribution in [0.2, 0.25) is 0 Å². The van der Waals surface area contributed by atoms with Crippen molar-refractivity contribution in [3.63, 3.8) is 0 Å². The lowest BCUT2D eigenvalue weighted by Gasteiger charge is -2.19. The van der Waals surface area contributed by atoms with E-state index in [4.69, 9.17) is 0 Å². The molecule has 7 heteroatoms. The summed E-state index contributed by atoms with van der Waals surface area (Å²) < 4.78 is 30.0. The van der Waals surface area contributed by atoms with Gasteiger partial charge in [0.2, 0.25) is 10.0 Å². The third kappa shape index (κ3) is 8.80. The van der Waals surface area contributed by atoms with Gasteiger partial charge in [0.25, 0.3) is 0 Å². The molecule has 0 aliphatic heterocycles. The zero-order valence-corrected chi connectivity index (χ0v) is 16.5. The lowest BCUT2D eigenvalue weighted by Crippen LogP contribution is -2.32. The first-order chi connectivity index (χ1) is 11.3. The molecule has 1 heterocycles. The topological polar surface area (TPSA) is 63.7 Å². The Labute approximate surface area is 150 Å². The van der Waals surface area contributed by atoms with Gasteiger partial charge in [-0.05, 0) is 44.7 Å². The van der Waals surface area contributed by atoms with E-state index < -0.39 is 10.0 Å². The quantitative estimate of drug-likeness (QED) is 0.415. The molecule has 0 saturated heterocycles. The molecule has 0 fully saturated rings. The van der Waals surface area contributed by atoms with Crippen LogP contribution in [0.25, 0.3) is 0 Å². The van der Waals surface area contributed by atoms with Gasteiger partial charge < -0.3 is 4.74 Å². The van der Waals surface area contributed by atoms with E-state index in [1.165, 1.54) is 23.1 Å². The number of unbranched alkanes of at least 4 members (excludes halogenated alkanes) is 3. The molecule has 138 valence electrons. The molecule has 0 spiro atoms. The highest BCUT2D eigenvalue weighted by Gasteiger charge is 2.15. The maximum atomic E-state index is 11.9. The van der Waals surface area contributed by atoms with E-state index in [2.05, 4.69) is 23.8 Å². The molecule has 0 radical (unpaired) electrons. The Balaban J connectivity index is 2.26. The maximum Gasteiger partial charge on any atom is 0.305 e. The molecule has 0 N–H and O–H groups in total. The van der Waals surface area contributed by atoms with Crippen molar-refractivity contribution >= 4 is 27.3 Å². The monoisotopic (exact) mass is 375 g/mol. The molecule has 0 aromatic carbocycles. The first-order valence-corrected chi connectivity index (χ1v) is 11.1. The van der Waals surface area contributed by atoms with Gasteiger partial charge in [-0.15, -0.1) is 11.3 Å². The van der Waals surface area contributed by atoms with Crippen molar-refractivity contribution in [1.29, 1.82) is 0 Å². The second-order valence-corrected chi connectivity index (χ2v) is 9.37. The second kappa shape index (κ2) is 10.8. The average Bonchev–Trinajstić information content (AvgIpc) is 2.92. The summed E-state index contributed by atoms with van der Waals surface area (Å²) >= 11 is 1.77. The van der Waals surface area contributed by atoms with Gasteiger partial charge in [0.15, 0.2) is 0 Å². The van der Waals surface area contributed by atoms with E-state index in [1.807, 2.05) is 0 Å². The smallest absolute Gasteiger partial charge is 0.305 e. The lowest BCUT2D eigenvalue weighted by molar-refractivity contribution is -0.140. The van der Waals surface area contributed by atoms with E-state index in [0.717, 1.165) is 38.5 Å². The number of aryl methyl sites for hydroxylation is 2. The van der Waals surface area contributed by atoms with Crippen molar-refractivity contribution in [3.05, 3.63) is 21.9 Å². The highest BCUT2D eigenvalue weighted by atomic mass is 32.2. The van der Waals surface area contributed by atoms with Crippen LogP contribution in [0.3, 0.4) is 0 Å². The normalized spacial score (nSPS) is 11.8. The van der Waals surface area contributed by atoms with Crippen molar-refractivity contribution in [2.45, 2.75) is 51.9 Å². The number of carbonyl (C=O) groups excluding carboxylic acids is 1. The van der Waals surface area contributed by atoms with Crippen LogP contribution in [0.4, 0.5) is 0 Å². The third-order valence-electron chi connectivity index (χ3n) is 3.86. The average molecular weight is 376 g/mol. The molecule has 0 amide bonds. The Morgan fingerprint density at radius 1 is 1.12 bits per heavy atom. The fraction of sp³-hybridized carbons (Fsp3) is 0.706. The first kappa shape index (κ1) is 21.1. The minimum Gasteiger partial charge on any atom is -0.469 e. The summed E-state index contributed by atoms with van der Waals surface area (Å²) in [6.45, 7) is 3.20. The number of thiophene rings is 1. The first-order valence-electron chi connectivity index (χ1n) is 8.40. The van der Waals surface area contributed by atoms with Crippen LogP contribution in [0.1, 0.15) is 48.3 Å². The number of carbonyl (C=O) groups is 1. The molecule has 0 unspecified atom stereocenters. The van der Waals surface area contributed by atoms with Gasteiger partial charge in [-0.1, -0.05) is 12.8 Å². The predicted molar refractivity (Wildman–Crippen MR) is 98.9 cm³/mol. The summed E-state index contributed by atoms with van der Waals surface area (Å²) in [7, 11) is -1.77. The SMILES string of the molecule is COC(=O)CCCCCCN(CCCc1ccc(C)s1)S(C)(=O)=O. The van der Waals surface area contributed by atoms with Crippen molar-refractivity contribution in [3.8, 4) is 0 Å². The molecule has 0 atom stereocenters. The van der Waals surface area contributed by atoms with Gasteiger partial charge in [-0.3, -0.25) is 4.79 Å². The number of hydrogen-bond acceptors (Lipinski definition) is 5. The fourth-order valence-electron chi connectivity index (χ4n) is 2.51. The van der Waals surface area contributed by atoms with Crippen LogP contribution in [0.5, 0.6) is 0 Å². The molecule has 1 aromatic rings. The van der Waals surface area contributed by atoms with Crippen LogP contribution >= 0.6 is 11.3 Å². The third-order valence-corrected chi connectivity index (χ3v) is 6.23. The lowest BCUT2D eigenvalue weighted by atomic mass is 10.1.